The fourth-order valence-corrected chi connectivity index (χ4v) is 3.04. The minimum Gasteiger partial charge on any atom is -0.367 e. The number of rotatable bonds is 2. The van der Waals surface area contributed by atoms with Gasteiger partial charge in [0.1, 0.15) is 6.10 Å². The Labute approximate surface area is 107 Å². The Morgan fingerprint density at radius 3 is 2.50 bits per heavy atom. The Hall–Kier alpha value is -0.940. The van der Waals surface area contributed by atoms with Crippen LogP contribution in [0.15, 0.2) is 4.52 Å². The molecule has 2 heterocycles. The third kappa shape index (κ3) is 1.61. The van der Waals surface area contributed by atoms with E-state index < -0.39 is 0 Å². The van der Waals surface area contributed by atoms with E-state index in [-0.39, 0.29) is 16.9 Å². The van der Waals surface area contributed by atoms with Crippen molar-refractivity contribution in [2.45, 2.75) is 39.7 Å². The molecule has 5 heteroatoms. The molecule has 2 aliphatic rings. The SMILES string of the molecule is CC1(C)C(c2nc(C3CNCCO3)no2)C1(C)C. The Kier molecular flexibility index (Phi) is 2.54. The van der Waals surface area contributed by atoms with Gasteiger partial charge in [0.25, 0.3) is 0 Å². The number of nitrogens with zero attached hydrogens (tertiary/aromatic N) is 2. The number of hydrogen-bond donors (Lipinski definition) is 1. The van der Waals surface area contributed by atoms with Gasteiger partial charge in [0, 0.05) is 19.0 Å². The molecule has 1 saturated carbocycles. The summed E-state index contributed by atoms with van der Waals surface area (Å²) in [6.45, 7) is 11.4. The molecule has 1 aromatic rings. The van der Waals surface area contributed by atoms with Crippen molar-refractivity contribution >= 4 is 0 Å². The molecule has 0 bridgehead atoms. The van der Waals surface area contributed by atoms with Crippen LogP contribution in [0.3, 0.4) is 0 Å². The van der Waals surface area contributed by atoms with Gasteiger partial charge >= 0.3 is 0 Å². The molecule has 100 valence electrons. The fraction of sp³-hybridized carbons (Fsp3) is 0.846. The van der Waals surface area contributed by atoms with Crippen LogP contribution in [0.5, 0.6) is 0 Å². The average molecular weight is 251 g/mol. The molecule has 2 fully saturated rings. The van der Waals surface area contributed by atoms with E-state index in [2.05, 4.69) is 43.2 Å². The van der Waals surface area contributed by atoms with Gasteiger partial charge in [-0.15, -0.1) is 0 Å². The average Bonchev–Trinajstić information content (AvgIpc) is 2.72. The highest BCUT2D eigenvalue weighted by atomic mass is 16.5. The van der Waals surface area contributed by atoms with Gasteiger partial charge in [-0.3, -0.25) is 0 Å². The normalized spacial score (nSPS) is 30.3. The van der Waals surface area contributed by atoms with Gasteiger partial charge in [0.05, 0.1) is 6.61 Å². The molecule has 1 saturated heterocycles. The van der Waals surface area contributed by atoms with E-state index in [1.807, 2.05) is 0 Å². The predicted octanol–water partition coefficient (Wildman–Crippen LogP) is 1.88. The summed E-state index contributed by atoms with van der Waals surface area (Å²) in [6.07, 6.45) is -0.0683. The van der Waals surface area contributed by atoms with Crippen LogP contribution in [0, 0.1) is 10.8 Å². The largest absolute Gasteiger partial charge is 0.367 e. The summed E-state index contributed by atoms with van der Waals surface area (Å²) in [5, 5.41) is 7.35. The first-order valence-electron chi connectivity index (χ1n) is 6.60. The first-order chi connectivity index (χ1) is 8.44. The molecule has 5 nitrogen and oxygen atoms in total. The molecule has 1 aliphatic carbocycles. The molecule has 3 rings (SSSR count). The van der Waals surface area contributed by atoms with Crippen LogP contribution in [0.1, 0.15) is 51.4 Å². The van der Waals surface area contributed by atoms with Crippen molar-refractivity contribution in [3.8, 4) is 0 Å². The van der Waals surface area contributed by atoms with Crippen LogP contribution in [0.2, 0.25) is 0 Å². The molecule has 1 atom stereocenters. The minimum atomic E-state index is -0.0683. The van der Waals surface area contributed by atoms with E-state index in [0.717, 1.165) is 19.0 Å². The number of ether oxygens (including phenoxy) is 1. The predicted molar refractivity (Wildman–Crippen MR) is 66.2 cm³/mol. The first kappa shape index (κ1) is 12.1. The zero-order valence-corrected chi connectivity index (χ0v) is 11.5. The van der Waals surface area contributed by atoms with E-state index in [4.69, 9.17) is 9.26 Å². The lowest BCUT2D eigenvalue weighted by atomic mass is 10.0. The molecule has 1 aliphatic heterocycles. The van der Waals surface area contributed by atoms with Gasteiger partial charge in [-0.2, -0.15) is 4.98 Å². The Morgan fingerprint density at radius 1 is 1.22 bits per heavy atom. The zero-order chi connectivity index (χ0) is 13.0. The lowest BCUT2D eigenvalue weighted by Crippen LogP contribution is -2.33. The molecular weight excluding hydrogens is 230 g/mol. The number of aromatic nitrogens is 2. The minimum absolute atomic E-state index is 0.0683. The van der Waals surface area contributed by atoms with Crippen LogP contribution in [-0.4, -0.2) is 29.8 Å². The van der Waals surface area contributed by atoms with Crippen LogP contribution >= 0.6 is 0 Å². The summed E-state index contributed by atoms with van der Waals surface area (Å²) in [5.41, 5.74) is 0.449. The molecule has 0 spiro atoms. The topological polar surface area (TPSA) is 60.2 Å². The summed E-state index contributed by atoms with van der Waals surface area (Å²) in [6, 6.07) is 0. The molecule has 1 aromatic heterocycles. The highest BCUT2D eigenvalue weighted by molar-refractivity contribution is 5.25. The van der Waals surface area contributed by atoms with Gasteiger partial charge in [0.2, 0.25) is 11.7 Å². The van der Waals surface area contributed by atoms with Crippen molar-refractivity contribution in [3.05, 3.63) is 11.7 Å². The van der Waals surface area contributed by atoms with Crippen molar-refractivity contribution in [1.29, 1.82) is 0 Å². The van der Waals surface area contributed by atoms with Crippen molar-refractivity contribution < 1.29 is 9.26 Å². The molecule has 1 unspecified atom stereocenters. The number of nitrogens with one attached hydrogen (secondary N) is 1. The number of hydrogen-bond acceptors (Lipinski definition) is 5. The van der Waals surface area contributed by atoms with Gasteiger partial charge in [-0.1, -0.05) is 32.9 Å². The highest BCUT2D eigenvalue weighted by Gasteiger charge is 2.68. The zero-order valence-electron chi connectivity index (χ0n) is 11.5. The van der Waals surface area contributed by atoms with Crippen molar-refractivity contribution in [2.75, 3.05) is 19.7 Å². The summed E-state index contributed by atoms with van der Waals surface area (Å²) < 4.78 is 11.1. The first-order valence-corrected chi connectivity index (χ1v) is 6.60. The Balaban J connectivity index is 1.78. The monoisotopic (exact) mass is 251 g/mol. The second kappa shape index (κ2) is 3.78. The highest BCUT2D eigenvalue weighted by Crippen LogP contribution is 2.73. The lowest BCUT2D eigenvalue weighted by molar-refractivity contribution is 0.0208. The maximum absolute atomic E-state index is 5.63. The van der Waals surface area contributed by atoms with Crippen molar-refractivity contribution in [1.82, 2.24) is 15.5 Å². The van der Waals surface area contributed by atoms with E-state index in [1.54, 1.807) is 0 Å². The van der Waals surface area contributed by atoms with Gasteiger partial charge in [-0.05, 0) is 10.8 Å². The fourth-order valence-electron chi connectivity index (χ4n) is 3.04. The van der Waals surface area contributed by atoms with E-state index in [9.17, 15) is 0 Å². The molecule has 18 heavy (non-hydrogen) atoms. The van der Waals surface area contributed by atoms with Crippen LogP contribution in [0.25, 0.3) is 0 Å². The molecule has 0 aromatic carbocycles. The second-order valence-electron chi connectivity index (χ2n) is 6.43. The molecule has 0 amide bonds. The third-order valence-corrected chi connectivity index (χ3v) is 4.94. The molecular formula is C13H21N3O2. The summed E-state index contributed by atoms with van der Waals surface area (Å²) in [5.74, 6) is 1.78. The molecule has 1 N–H and O–H groups in total. The van der Waals surface area contributed by atoms with E-state index in [0.29, 0.717) is 18.3 Å². The smallest absolute Gasteiger partial charge is 0.230 e. The quantitative estimate of drug-likeness (QED) is 0.869. The Morgan fingerprint density at radius 2 is 1.94 bits per heavy atom. The maximum Gasteiger partial charge on any atom is 0.230 e. The number of morpholine rings is 1. The van der Waals surface area contributed by atoms with Crippen LogP contribution in [0.4, 0.5) is 0 Å². The van der Waals surface area contributed by atoms with Gasteiger partial charge in [-0.25, -0.2) is 0 Å². The van der Waals surface area contributed by atoms with Gasteiger partial charge in [0.15, 0.2) is 0 Å². The molecule has 0 radical (unpaired) electrons. The summed E-state index contributed by atoms with van der Waals surface area (Å²) in [7, 11) is 0. The lowest BCUT2D eigenvalue weighted by Gasteiger charge is -2.20. The standard InChI is InChI=1S/C13H21N3O2/c1-12(2)9(13(12,3)4)11-15-10(16-18-11)8-7-14-5-6-17-8/h8-9,14H,5-7H2,1-4H3. The van der Waals surface area contributed by atoms with Crippen molar-refractivity contribution in [3.63, 3.8) is 0 Å². The Bertz CT molecular complexity index is 433. The van der Waals surface area contributed by atoms with E-state index >= 15 is 0 Å². The maximum atomic E-state index is 5.63. The third-order valence-electron chi connectivity index (χ3n) is 4.94. The van der Waals surface area contributed by atoms with Crippen molar-refractivity contribution in [2.24, 2.45) is 10.8 Å². The summed E-state index contributed by atoms with van der Waals surface area (Å²) in [4.78, 5) is 4.54. The van der Waals surface area contributed by atoms with Gasteiger partial charge < -0.3 is 14.6 Å². The summed E-state index contributed by atoms with van der Waals surface area (Å²) >= 11 is 0. The van der Waals surface area contributed by atoms with Crippen LogP contribution in [-0.2, 0) is 4.74 Å². The van der Waals surface area contributed by atoms with Crippen LogP contribution < -0.4 is 5.32 Å². The second-order valence-corrected chi connectivity index (χ2v) is 6.43. The van der Waals surface area contributed by atoms with E-state index in [1.165, 1.54) is 0 Å².